The van der Waals surface area contributed by atoms with Crippen LogP contribution in [0.25, 0.3) is 0 Å². The summed E-state index contributed by atoms with van der Waals surface area (Å²) in [6.45, 7) is 9.27. The van der Waals surface area contributed by atoms with Crippen LogP contribution in [0.2, 0.25) is 0 Å². The SMILES string of the molecule is Cc1ccc(S(=O)(=O)OC(C)CC(=O)SC(C)(C)C)cc1. The number of benzene rings is 1. The van der Waals surface area contributed by atoms with Gasteiger partial charge in [-0.1, -0.05) is 50.2 Å². The van der Waals surface area contributed by atoms with Gasteiger partial charge in [0.2, 0.25) is 0 Å². The van der Waals surface area contributed by atoms with Crippen LogP contribution in [0.5, 0.6) is 0 Å². The monoisotopic (exact) mass is 330 g/mol. The van der Waals surface area contributed by atoms with Crippen molar-refractivity contribution in [1.82, 2.24) is 0 Å². The number of hydrogen-bond acceptors (Lipinski definition) is 5. The summed E-state index contributed by atoms with van der Waals surface area (Å²) in [7, 11) is -3.83. The maximum atomic E-state index is 12.1. The van der Waals surface area contributed by atoms with Crippen LogP contribution in [0.15, 0.2) is 29.2 Å². The first kappa shape index (κ1) is 18.2. The molecule has 4 nitrogen and oxygen atoms in total. The molecule has 0 amide bonds. The lowest BCUT2D eigenvalue weighted by Crippen LogP contribution is -2.20. The molecule has 0 aromatic heterocycles. The van der Waals surface area contributed by atoms with E-state index in [1.165, 1.54) is 23.9 Å². The number of rotatable bonds is 5. The highest BCUT2D eigenvalue weighted by atomic mass is 32.2. The van der Waals surface area contributed by atoms with Gasteiger partial charge in [-0.2, -0.15) is 8.42 Å². The van der Waals surface area contributed by atoms with Gasteiger partial charge in [0.1, 0.15) is 0 Å². The number of hydrogen-bond donors (Lipinski definition) is 0. The van der Waals surface area contributed by atoms with Crippen molar-refractivity contribution in [3.8, 4) is 0 Å². The summed E-state index contributed by atoms with van der Waals surface area (Å²) < 4.78 is 29.1. The molecule has 0 aliphatic heterocycles. The van der Waals surface area contributed by atoms with E-state index in [4.69, 9.17) is 4.18 Å². The van der Waals surface area contributed by atoms with E-state index in [9.17, 15) is 13.2 Å². The predicted octanol–water partition coefficient (Wildman–Crippen LogP) is 3.54. The Bertz CT molecular complexity index is 583. The van der Waals surface area contributed by atoms with Gasteiger partial charge >= 0.3 is 0 Å². The Balaban J connectivity index is 2.67. The zero-order valence-electron chi connectivity index (χ0n) is 13.0. The summed E-state index contributed by atoms with van der Waals surface area (Å²) in [6, 6.07) is 6.43. The number of carbonyl (C=O) groups excluding carboxylic acids is 1. The van der Waals surface area contributed by atoms with Crippen molar-refractivity contribution in [2.75, 3.05) is 0 Å². The summed E-state index contributed by atoms with van der Waals surface area (Å²) in [5, 5.41) is -0.0749. The third-order valence-electron chi connectivity index (χ3n) is 2.47. The highest BCUT2D eigenvalue weighted by Crippen LogP contribution is 2.26. The van der Waals surface area contributed by atoms with Crippen molar-refractivity contribution in [2.45, 2.75) is 56.8 Å². The maximum absolute atomic E-state index is 12.1. The zero-order valence-corrected chi connectivity index (χ0v) is 14.7. The van der Waals surface area contributed by atoms with Crippen LogP contribution in [-0.4, -0.2) is 24.4 Å². The van der Waals surface area contributed by atoms with Crippen molar-refractivity contribution in [2.24, 2.45) is 0 Å². The standard InChI is InChI=1S/C15H22O4S2/c1-11-6-8-13(9-7-11)21(17,18)19-12(2)10-14(16)20-15(3,4)5/h6-9,12H,10H2,1-5H3. The minimum atomic E-state index is -3.83. The molecule has 0 saturated heterocycles. The quantitative estimate of drug-likeness (QED) is 0.773. The molecule has 1 rings (SSSR count). The lowest BCUT2D eigenvalue weighted by molar-refractivity contribution is -0.112. The average molecular weight is 330 g/mol. The van der Waals surface area contributed by atoms with Gasteiger partial charge in [-0.25, -0.2) is 0 Å². The van der Waals surface area contributed by atoms with E-state index in [0.717, 1.165) is 5.56 Å². The smallest absolute Gasteiger partial charge is 0.287 e. The highest BCUT2D eigenvalue weighted by Gasteiger charge is 2.23. The molecule has 0 fully saturated rings. The van der Waals surface area contributed by atoms with E-state index in [1.807, 2.05) is 27.7 Å². The zero-order chi connectivity index (χ0) is 16.3. The van der Waals surface area contributed by atoms with E-state index < -0.39 is 16.2 Å². The third kappa shape index (κ3) is 6.63. The van der Waals surface area contributed by atoms with Crippen LogP contribution in [0, 0.1) is 6.92 Å². The van der Waals surface area contributed by atoms with Gasteiger partial charge in [-0.05, 0) is 26.0 Å². The van der Waals surface area contributed by atoms with Crippen molar-refractivity contribution in [1.29, 1.82) is 0 Å². The van der Waals surface area contributed by atoms with Gasteiger partial charge in [-0.15, -0.1) is 0 Å². The highest BCUT2D eigenvalue weighted by molar-refractivity contribution is 8.14. The molecule has 0 saturated carbocycles. The molecule has 0 aliphatic rings. The lowest BCUT2D eigenvalue weighted by Gasteiger charge is -2.18. The van der Waals surface area contributed by atoms with Crippen LogP contribution in [0.4, 0.5) is 0 Å². The minimum Gasteiger partial charge on any atom is -0.287 e. The summed E-state index contributed by atoms with van der Waals surface area (Å²) in [5.41, 5.74) is 0.971. The van der Waals surface area contributed by atoms with Crippen molar-refractivity contribution in [3.05, 3.63) is 29.8 Å². The normalized spacial score (nSPS) is 14.0. The summed E-state index contributed by atoms with van der Waals surface area (Å²) in [6.07, 6.45) is -0.619. The average Bonchev–Trinajstić information content (AvgIpc) is 2.25. The Morgan fingerprint density at radius 2 is 1.76 bits per heavy atom. The second kappa shape index (κ2) is 6.94. The largest absolute Gasteiger partial charge is 0.297 e. The predicted molar refractivity (Wildman–Crippen MR) is 85.9 cm³/mol. The fraction of sp³-hybridized carbons (Fsp3) is 0.533. The Morgan fingerprint density at radius 3 is 2.24 bits per heavy atom. The molecule has 1 unspecified atom stereocenters. The Labute approximate surface area is 131 Å². The van der Waals surface area contributed by atoms with Crippen LogP contribution in [-0.2, 0) is 19.1 Å². The van der Waals surface area contributed by atoms with Crippen molar-refractivity contribution in [3.63, 3.8) is 0 Å². The second-order valence-electron chi connectivity index (χ2n) is 5.96. The molecule has 0 bridgehead atoms. The summed E-state index contributed by atoms with van der Waals surface area (Å²) in [4.78, 5) is 11.9. The van der Waals surface area contributed by atoms with E-state index >= 15 is 0 Å². The number of carbonyl (C=O) groups is 1. The summed E-state index contributed by atoms with van der Waals surface area (Å²) in [5.74, 6) is 0. The Kier molecular flexibility index (Phi) is 6.01. The van der Waals surface area contributed by atoms with Crippen LogP contribution >= 0.6 is 11.8 Å². The van der Waals surface area contributed by atoms with Crippen LogP contribution in [0.3, 0.4) is 0 Å². The van der Waals surface area contributed by atoms with Gasteiger partial charge in [0.15, 0.2) is 5.12 Å². The minimum absolute atomic E-state index is 0.0625. The van der Waals surface area contributed by atoms with Crippen LogP contribution < -0.4 is 0 Å². The van der Waals surface area contributed by atoms with Gasteiger partial charge in [0.05, 0.1) is 11.0 Å². The first-order chi connectivity index (χ1) is 9.49. The molecule has 1 aromatic rings. The van der Waals surface area contributed by atoms with Gasteiger partial charge in [0.25, 0.3) is 10.1 Å². The second-order valence-corrected chi connectivity index (χ2v) is 9.42. The van der Waals surface area contributed by atoms with E-state index in [1.54, 1.807) is 19.1 Å². The Hall–Kier alpha value is -0.850. The fourth-order valence-corrected chi connectivity index (χ4v) is 3.71. The molecule has 118 valence electrons. The first-order valence-corrected chi connectivity index (χ1v) is 8.94. The molecule has 21 heavy (non-hydrogen) atoms. The fourth-order valence-electron chi connectivity index (χ4n) is 1.63. The van der Waals surface area contributed by atoms with E-state index in [0.29, 0.717) is 0 Å². The van der Waals surface area contributed by atoms with E-state index in [2.05, 4.69) is 0 Å². The summed E-state index contributed by atoms with van der Waals surface area (Å²) >= 11 is 1.20. The molecular formula is C15H22O4S2. The van der Waals surface area contributed by atoms with Crippen LogP contribution in [0.1, 0.15) is 39.7 Å². The molecule has 0 radical (unpaired) electrons. The molecule has 0 N–H and O–H groups in total. The molecule has 1 atom stereocenters. The third-order valence-corrected chi connectivity index (χ3v) is 4.91. The van der Waals surface area contributed by atoms with Gasteiger partial charge in [-0.3, -0.25) is 8.98 Å². The van der Waals surface area contributed by atoms with Crippen molar-refractivity contribution >= 4 is 27.0 Å². The lowest BCUT2D eigenvalue weighted by atomic mass is 10.2. The molecule has 0 aliphatic carbocycles. The first-order valence-electron chi connectivity index (χ1n) is 6.71. The molecule has 0 heterocycles. The topological polar surface area (TPSA) is 60.4 Å². The van der Waals surface area contributed by atoms with Gasteiger partial charge < -0.3 is 0 Å². The van der Waals surface area contributed by atoms with E-state index in [-0.39, 0.29) is 21.2 Å². The van der Waals surface area contributed by atoms with Crippen molar-refractivity contribution < 1.29 is 17.4 Å². The molecule has 0 spiro atoms. The maximum Gasteiger partial charge on any atom is 0.297 e. The number of thioether (sulfide) groups is 1. The Morgan fingerprint density at radius 1 is 1.24 bits per heavy atom. The molecular weight excluding hydrogens is 308 g/mol. The molecule has 6 heteroatoms. The number of aryl methyl sites for hydroxylation is 1. The van der Waals surface area contributed by atoms with Gasteiger partial charge in [0, 0.05) is 11.2 Å². The molecule has 1 aromatic carbocycles.